The molecule has 0 unspecified atom stereocenters. The molecule has 0 aliphatic heterocycles. The maximum Gasteiger partial charge on any atom is 0.251 e. The summed E-state index contributed by atoms with van der Waals surface area (Å²) in [6.45, 7) is 2.21. The van der Waals surface area contributed by atoms with E-state index in [0.717, 1.165) is 59.3 Å². The van der Waals surface area contributed by atoms with E-state index >= 15 is 0 Å². The molecule has 1 heterocycles. The Morgan fingerprint density at radius 2 is 1.76 bits per heavy atom. The van der Waals surface area contributed by atoms with Crippen LogP contribution in [-0.4, -0.2) is 28.6 Å². The Morgan fingerprint density at radius 3 is 2.61 bits per heavy atom. The second-order valence-electron chi connectivity index (χ2n) is 7.91. The fourth-order valence-corrected chi connectivity index (χ4v) is 4.22. The fourth-order valence-electron chi connectivity index (χ4n) is 3.82. The number of rotatable bonds is 11. The molecule has 1 aromatic heterocycles. The summed E-state index contributed by atoms with van der Waals surface area (Å²) in [6, 6.07) is 25.6. The first kappa shape index (κ1) is 23.1. The largest absolute Gasteiger partial charge is 0.494 e. The van der Waals surface area contributed by atoms with E-state index in [1.54, 1.807) is 0 Å². The molecule has 0 radical (unpaired) electrons. The van der Waals surface area contributed by atoms with Crippen molar-refractivity contribution in [2.45, 2.75) is 32.2 Å². The number of amides is 1. The van der Waals surface area contributed by atoms with E-state index in [1.807, 2.05) is 60.7 Å². The van der Waals surface area contributed by atoms with E-state index in [1.165, 1.54) is 0 Å². The van der Waals surface area contributed by atoms with Crippen molar-refractivity contribution in [2.24, 2.45) is 0 Å². The molecule has 0 saturated heterocycles. The molecule has 1 N–H and O–H groups in total. The van der Waals surface area contributed by atoms with Crippen molar-refractivity contribution in [3.63, 3.8) is 0 Å². The zero-order valence-corrected chi connectivity index (χ0v) is 20.1. The second-order valence-corrected chi connectivity index (χ2v) is 8.82. The Labute approximate surface area is 202 Å². The molecule has 6 heteroatoms. The number of aryl methyl sites for hydroxylation is 2. The van der Waals surface area contributed by atoms with Gasteiger partial charge in [-0.1, -0.05) is 52.3 Å². The Balaban J connectivity index is 1.29. The Hall–Kier alpha value is -3.12. The van der Waals surface area contributed by atoms with Gasteiger partial charge in [0.2, 0.25) is 0 Å². The third kappa shape index (κ3) is 6.45. The van der Waals surface area contributed by atoms with Crippen LogP contribution in [0.5, 0.6) is 5.75 Å². The fraction of sp³-hybridized carbons (Fsp3) is 0.259. The SMILES string of the molecule is O=C(NCCCc1nc2ccccc2n1CCCCOc1ccccc1)c1cccc(Br)c1. The van der Waals surface area contributed by atoms with Crippen molar-refractivity contribution in [1.82, 2.24) is 14.9 Å². The highest BCUT2D eigenvalue weighted by Gasteiger charge is 2.11. The molecule has 0 aliphatic carbocycles. The number of carbonyl (C=O) groups excluding carboxylic acids is 1. The number of hydrogen-bond acceptors (Lipinski definition) is 3. The Bertz CT molecular complexity index is 1190. The number of carbonyl (C=O) groups is 1. The van der Waals surface area contributed by atoms with E-state index in [0.29, 0.717) is 18.7 Å². The molecular weight excluding hydrogens is 478 g/mol. The van der Waals surface area contributed by atoms with Crippen LogP contribution in [0.25, 0.3) is 11.0 Å². The number of fused-ring (bicyclic) bond motifs is 1. The van der Waals surface area contributed by atoms with Gasteiger partial charge in [0.15, 0.2) is 0 Å². The molecule has 170 valence electrons. The molecule has 0 bridgehead atoms. The maximum absolute atomic E-state index is 12.4. The van der Waals surface area contributed by atoms with E-state index < -0.39 is 0 Å². The van der Waals surface area contributed by atoms with Crippen LogP contribution in [0.15, 0.2) is 83.3 Å². The van der Waals surface area contributed by atoms with E-state index in [-0.39, 0.29) is 5.91 Å². The molecule has 33 heavy (non-hydrogen) atoms. The number of nitrogens with one attached hydrogen (secondary N) is 1. The standard InChI is InChI=1S/C27H28BrN3O2/c28-22-11-8-10-21(20-22)27(32)29-17-9-16-26-30-24-14-4-5-15-25(24)31(26)18-6-7-19-33-23-12-2-1-3-13-23/h1-5,8,10-15,20H,6-7,9,16-19H2,(H,29,32). The average molecular weight is 506 g/mol. The van der Waals surface area contributed by atoms with Crippen molar-refractivity contribution in [2.75, 3.05) is 13.2 Å². The first-order valence-corrected chi connectivity index (χ1v) is 12.2. The van der Waals surface area contributed by atoms with Gasteiger partial charge >= 0.3 is 0 Å². The van der Waals surface area contributed by atoms with Gasteiger partial charge < -0.3 is 14.6 Å². The molecular formula is C27H28BrN3O2. The zero-order valence-electron chi connectivity index (χ0n) is 18.5. The number of imidazole rings is 1. The van der Waals surface area contributed by atoms with Crippen molar-refractivity contribution < 1.29 is 9.53 Å². The van der Waals surface area contributed by atoms with E-state index in [4.69, 9.17) is 9.72 Å². The number of benzene rings is 3. The summed E-state index contributed by atoms with van der Waals surface area (Å²) in [7, 11) is 0. The number of para-hydroxylation sites is 3. The van der Waals surface area contributed by atoms with Crippen LogP contribution in [0.4, 0.5) is 0 Å². The molecule has 1 amide bonds. The summed E-state index contributed by atoms with van der Waals surface area (Å²) >= 11 is 3.41. The van der Waals surface area contributed by atoms with E-state index in [2.05, 4.69) is 44.0 Å². The average Bonchev–Trinajstić information content (AvgIpc) is 3.19. The first-order valence-electron chi connectivity index (χ1n) is 11.4. The number of unbranched alkanes of at least 4 members (excludes halogenated alkanes) is 1. The van der Waals surface area contributed by atoms with E-state index in [9.17, 15) is 4.79 Å². The minimum atomic E-state index is -0.0526. The van der Waals surface area contributed by atoms with Gasteiger partial charge in [-0.15, -0.1) is 0 Å². The molecule has 3 aromatic carbocycles. The Kier molecular flexibility index (Phi) is 8.14. The molecule has 0 fully saturated rings. The molecule has 0 saturated carbocycles. The van der Waals surface area contributed by atoms with Gasteiger partial charge in [-0.2, -0.15) is 0 Å². The number of ether oxygens (including phenoxy) is 1. The summed E-state index contributed by atoms with van der Waals surface area (Å²) in [5, 5.41) is 3.01. The van der Waals surface area contributed by atoms with Crippen LogP contribution >= 0.6 is 15.9 Å². The minimum Gasteiger partial charge on any atom is -0.494 e. The van der Waals surface area contributed by atoms with Gasteiger partial charge in [-0.05, 0) is 61.7 Å². The summed E-state index contributed by atoms with van der Waals surface area (Å²) in [5.74, 6) is 1.93. The number of hydrogen-bond donors (Lipinski definition) is 1. The van der Waals surface area contributed by atoms with Crippen LogP contribution in [-0.2, 0) is 13.0 Å². The summed E-state index contributed by atoms with van der Waals surface area (Å²) in [4.78, 5) is 17.2. The van der Waals surface area contributed by atoms with Gasteiger partial charge in [-0.3, -0.25) is 4.79 Å². The minimum absolute atomic E-state index is 0.0526. The lowest BCUT2D eigenvalue weighted by atomic mass is 10.2. The smallest absolute Gasteiger partial charge is 0.251 e. The van der Waals surface area contributed by atoms with Crippen LogP contribution in [0.3, 0.4) is 0 Å². The topological polar surface area (TPSA) is 56.2 Å². The molecule has 5 nitrogen and oxygen atoms in total. The molecule has 4 rings (SSSR count). The third-order valence-corrected chi connectivity index (χ3v) is 5.96. The van der Waals surface area contributed by atoms with Gasteiger partial charge in [0.1, 0.15) is 11.6 Å². The number of aromatic nitrogens is 2. The molecule has 0 spiro atoms. The predicted molar refractivity (Wildman–Crippen MR) is 136 cm³/mol. The summed E-state index contributed by atoms with van der Waals surface area (Å²) in [5.41, 5.74) is 2.84. The highest BCUT2D eigenvalue weighted by Crippen LogP contribution is 2.18. The molecule has 0 atom stereocenters. The van der Waals surface area contributed by atoms with Crippen LogP contribution in [0, 0.1) is 0 Å². The number of nitrogens with zero attached hydrogens (tertiary/aromatic N) is 2. The highest BCUT2D eigenvalue weighted by atomic mass is 79.9. The van der Waals surface area contributed by atoms with Crippen LogP contribution in [0.2, 0.25) is 0 Å². The van der Waals surface area contributed by atoms with Gasteiger partial charge in [0.05, 0.1) is 17.6 Å². The summed E-state index contributed by atoms with van der Waals surface area (Å²) in [6.07, 6.45) is 3.64. The predicted octanol–water partition coefficient (Wildman–Crippen LogP) is 6.02. The monoisotopic (exact) mass is 505 g/mol. The van der Waals surface area contributed by atoms with Crippen molar-refractivity contribution in [1.29, 1.82) is 0 Å². The lowest BCUT2D eigenvalue weighted by Crippen LogP contribution is -2.25. The second kappa shape index (κ2) is 11.7. The van der Waals surface area contributed by atoms with Gasteiger partial charge in [0.25, 0.3) is 5.91 Å². The molecule has 0 aliphatic rings. The van der Waals surface area contributed by atoms with Gasteiger partial charge in [0, 0.05) is 29.5 Å². The first-order chi connectivity index (χ1) is 16.2. The van der Waals surface area contributed by atoms with Crippen LogP contribution < -0.4 is 10.1 Å². The van der Waals surface area contributed by atoms with Crippen molar-refractivity contribution in [3.05, 3.63) is 94.7 Å². The van der Waals surface area contributed by atoms with Crippen LogP contribution in [0.1, 0.15) is 35.4 Å². The highest BCUT2D eigenvalue weighted by molar-refractivity contribution is 9.10. The lowest BCUT2D eigenvalue weighted by Gasteiger charge is -2.11. The summed E-state index contributed by atoms with van der Waals surface area (Å²) < 4.78 is 9.04. The number of halogens is 1. The quantitative estimate of drug-likeness (QED) is 0.253. The van der Waals surface area contributed by atoms with Gasteiger partial charge in [-0.25, -0.2) is 4.98 Å². The van der Waals surface area contributed by atoms with Crippen molar-refractivity contribution in [3.8, 4) is 5.75 Å². The molecule has 4 aromatic rings. The van der Waals surface area contributed by atoms with Crippen molar-refractivity contribution >= 4 is 32.9 Å². The zero-order chi connectivity index (χ0) is 22.9. The maximum atomic E-state index is 12.4. The Morgan fingerprint density at radius 1 is 0.939 bits per heavy atom. The third-order valence-electron chi connectivity index (χ3n) is 5.47. The lowest BCUT2D eigenvalue weighted by molar-refractivity contribution is 0.0953. The normalized spacial score (nSPS) is 10.9.